The van der Waals surface area contributed by atoms with Gasteiger partial charge in [0.15, 0.2) is 0 Å². The number of carbonyl (C=O) groups excluding carboxylic acids is 1. The van der Waals surface area contributed by atoms with Crippen molar-refractivity contribution in [1.82, 2.24) is 9.21 Å². The first kappa shape index (κ1) is 20.8. The summed E-state index contributed by atoms with van der Waals surface area (Å²) in [6, 6.07) is 13.7. The molecule has 8 heteroatoms. The quantitative estimate of drug-likeness (QED) is 0.689. The Balaban J connectivity index is 1.50. The van der Waals surface area contributed by atoms with Gasteiger partial charge in [-0.15, -0.1) is 0 Å². The maximum atomic E-state index is 13.0. The molecule has 2 aliphatic heterocycles. The molecular formula is C22H27N3O4S. The SMILES string of the molecule is O=C(Nc1cc(S(=O)(=O)N2CCCC2)ccc1O)C1CCCN1Cc1ccccc1. The highest BCUT2D eigenvalue weighted by Crippen LogP contribution is 2.30. The second-order valence-corrected chi connectivity index (χ2v) is 9.83. The third kappa shape index (κ3) is 4.35. The predicted octanol–water partition coefficient (Wildman–Crippen LogP) is 2.78. The molecule has 0 bridgehead atoms. The van der Waals surface area contributed by atoms with Gasteiger partial charge in [0, 0.05) is 19.6 Å². The summed E-state index contributed by atoms with van der Waals surface area (Å²) in [6.45, 7) is 2.50. The number of carbonyl (C=O) groups is 1. The Kier molecular flexibility index (Phi) is 6.08. The van der Waals surface area contributed by atoms with E-state index in [0.29, 0.717) is 19.6 Å². The molecule has 160 valence electrons. The van der Waals surface area contributed by atoms with Crippen molar-refractivity contribution in [2.45, 2.75) is 43.2 Å². The van der Waals surface area contributed by atoms with E-state index in [1.54, 1.807) is 0 Å². The molecule has 0 aliphatic carbocycles. The summed E-state index contributed by atoms with van der Waals surface area (Å²) in [7, 11) is -3.62. The van der Waals surface area contributed by atoms with Crippen LogP contribution in [-0.2, 0) is 21.4 Å². The van der Waals surface area contributed by atoms with Gasteiger partial charge in [-0.3, -0.25) is 9.69 Å². The Morgan fingerprint density at radius 3 is 2.50 bits per heavy atom. The molecule has 2 aliphatic rings. The van der Waals surface area contributed by atoms with E-state index in [1.807, 2.05) is 30.3 Å². The maximum Gasteiger partial charge on any atom is 0.243 e. The third-order valence-electron chi connectivity index (χ3n) is 5.82. The number of phenols is 1. The number of hydrogen-bond acceptors (Lipinski definition) is 5. The normalized spacial score (nSPS) is 20.5. The van der Waals surface area contributed by atoms with E-state index in [2.05, 4.69) is 10.2 Å². The minimum absolute atomic E-state index is 0.0880. The van der Waals surface area contributed by atoms with Crippen LogP contribution < -0.4 is 5.32 Å². The van der Waals surface area contributed by atoms with Crippen LogP contribution in [0.2, 0.25) is 0 Å². The largest absolute Gasteiger partial charge is 0.506 e. The minimum atomic E-state index is -3.62. The van der Waals surface area contributed by atoms with Gasteiger partial charge in [-0.1, -0.05) is 30.3 Å². The van der Waals surface area contributed by atoms with E-state index >= 15 is 0 Å². The van der Waals surface area contributed by atoms with Gasteiger partial charge in [-0.05, 0) is 56.0 Å². The Labute approximate surface area is 177 Å². The van der Waals surface area contributed by atoms with Gasteiger partial charge in [0.25, 0.3) is 0 Å². The molecule has 0 radical (unpaired) electrons. The van der Waals surface area contributed by atoms with Gasteiger partial charge in [0.2, 0.25) is 15.9 Å². The number of aromatic hydroxyl groups is 1. The van der Waals surface area contributed by atoms with Gasteiger partial charge in [0.05, 0.1) is 16.6 Å². The zero-order valence-electron chi connectivity index (χ0n) is 16.8. The van der Waals surface area contributed by atoms with Crippen LogP contribution in [-0.4, -0.2) is 54.3 Å². The van der Waals surface area contributed by atoms with Crippen molar-refractivity contribution in [1.29, 1.82) is 0 Å². The summed E-state index contributed by atoms with van der Waals surface area (Å²) in [4.78, 5) is 15.2. The number of nitrogens with zero attached hydrogens (tertiary/aromatic N) is 2. The van der Waals surface area contributed by atoms with Gasteiger partial charge < -0.3 is 10.4 Å². The van der Waals surface area contributed by atoms with Crippen molar-refractivity contribution in [3.63, 3.8) is 0 Å². The lowest BCUT2D eigenvalue weighted by atomic mass is 10.1. The second kappa shape index (κ2) is 8.75. The van der Waals surface area contributed by atoms with Crippen LogP contribution in [0.25, 0.3) is 0 Å². The molecule has 2 saturated heterocycles. The lowest BCUT2D eigenvalue weighted by molar-refractivity contribution is -0.120. The van der Waals surface area contributed by atoms with E-state index in [0.717, 1.165) is 37.8 Å². The van der Waals surface area contributed by atoms with Gasteiger partial charge >= 0.3 is 0 Å². The number of nitrogens with one attached hydrogen (secondary N) is 1. The molecule has 0 spiro atoms. The highest BCUT2D eigenvalue weighted by molar-refractivity contribution is 7.89. The summed E-state index contributed by atoms with van der Waals surface area (Å²) in [5, 5.41) is 13.0. The molecule has 1 atom stereocenters. The number of hydrogen-bond donors (Lipinski definition) is 2. The molecule has 2 heterocycles. The Bertz CT molecular complexity index is 1000. The average molecular weight is 430 g/mol. The number of likely N-dealkylation sites (tertiary alicyclic amines) is 1. The van der Waals surface area contributed by atoms with E-state index in [-0.39, 0.29) is 28.3 Å². The van der Waals surface area contributed by atoms with E-state index < -0.39 is 10.0 Å². The minimum Gasteiger partial charge on any atom is -0.506 e. The first-order chi connectivity index (χ1) is 14.4. The number of phenolic OH excluding ortho intramolecular Hbond substituents is 1. The highest BCUT2D eigenvalue weighted by atomic mass is 32.2. The van der Waals surface area contributed by atoms with Crippen molar-refractivity contribution < 1.29 is 18.3 Å². The predicted molar refractivity (Wildman–Crippen MR) is 115 cm³/mol. The van der Waals surface area contributed by atoms with Crippen molar-refractivity contribution in [3.05, 3.63) is 54.1 Å². The Hall–Kier alpha value is -2.42. The monoisotopic (exact) mass is 429 g/mol. The molecule has 7 nitrogen and oxygen atoms in total. The van der Waals surface area contributed by atoms with E-state index in [4.69, 9.17) is 0 Å². The maximum absolute atomic E-state index is 13.0. The standard InChI is InChI=1S/C22H27N3O4S/c26-21-11-10-18(30(28,29)25-13-4-5-14-25)15-19(21)23-22(27)20-9-6-12-24(20)16-17-7-2-1-3-8-17/h1-3,7-8,10-11,15,20,26H,4-6,9,12-14,16H2,(H,23,27). The fourth-order valence-corrected chi connectivity index (χ4v) is 5.74. The first-order valence-electron chi connectivity index (χ1n) is 10.4. The number of sulfonamides is 1. The van der Waals surface area contributed by atoms with Crippen molar-refractivity contribution in [2.24, 2.45) is 0 Å². The summed E-state index contributed by atoms with van der Waals surface area (Å²) in [6.07, 6.45) is 3.34. The highest BCUT2D eigenvalue weighted by Gasteiger charge is 2.32. The molecule has 1 unspecified atom stereocenters. The topological polar surface area (TPSA) is 90.0 Å². The Morgan fingerprint density at radius 1 is 1.03 bits per heavy atom. The van der Waals surface area contributed by atoms with Crippen LogP contribution in [0.3, 0.4) is 0 Å². The van der Waals surface area contributed by atoms with E-state index in [1.165, 1.54) is 22.5 Å². The van der Waals surface area contributed by atoms with Crippen LogP contribution >= 0.6 is 0 Å². The molecule has 4 rings (SSSR count). The molecule has 30 heavy (non-hydrogen) atoms. The van der Waals surface area contributed by atoms with Gasteiger partial charge in [-0.2, -0.15) is 4.31 Å². The third-order valence-corrected chi connectivity index (χ3v) is 7.72. The van der Waals surface area contributed by atoms with Gasteiger partial charge in [-0.25, -0.2) is 8.42 Å². The van der Waals surface area contributed by atoms with E-state index in [9.17, 15) is 18.3 Å². The summed E-state index contributed by atoms with van der Waals surface area (Å²) in [5.41, 5.74) is 1.27. The van der Waals surface area contributed by atoms with Crippen molar-refractivity contribution in [3.8, 4) is 5.75 Å². The summed E-state index contributed by atoms with van der Waals surface area (Å²) >= 11 is 0. The lowest BCUT2D eigenvalue weighted by Gasteiger charge is -2.24. The zero-order valence-corrected chi connectivity index (χ0v) is 17.6. The Morgan fingerprint density at radius 2 is 1.77 bits per heavy atom. The molecule has 2 aromatic carbocycles. The van der Waals surface area contributed by atoms with Crippen LogP contribution in [0.4, 0.5) is 5.69 Å². The zero-order chi connectivity index (χ0) is 21.1. The number of anilines is 1. The molecule has 0 aromatic heterocycles. The number of rotatable bonds is 6. The van der Waals surface area contributed by atoms with Crippen molar-refractivity contribution >= 4 is 21.6 Å². The molecule has 2 fully saturated rings. The summed E-state index contributed by atoms with van der Waals surface area (Å²) < 4.78 is 27.1. The van der Waals surface area contributed by atoms with Crippen LogP contribution in [0, 0.1) is 0 Å². The number of benzene rings is 2. The second-order valence-electron chi connectivity index (χ2n) is 7.89. The summed E-state index contributed by atoms with van der Waals surface area (Å²) in [5.74, 6) is -0.370. The average Bonchev–Trinajstić information content (AvgIpc) is 3.43. The fraction of sp³-hybridized carbons (Fsp3) is 0.409. The van der Waals surface area contributed by atoms with Crippen LogP contribution in [0.15, 0.2) is 53.4 Å². The smallest absolute Gasteiger partial charge is 0.243 e. The molecule has 1 amide bonds. The lowest BCUT2D eigenvalue weighted by Crippen LogP contribution is -2.39. The molecule has 0 saturated carbocycles. The van der Waals surface area contributed by atoms with Crippen LogP contribution in [0.5, 0.6) is 5.75 Å². The van der Waals surface area contributed by atoms with Crippen molar-refractivity contribution in [2.75, 3.05) is 25.0 Å². The first-order valence-corrected chi connectivity index (χ1v) is 11.8. The number of amides is 1. The molecular weight excluding hydrogens is 402 g/mol. The fourth-order valence-electron chi connectivity index (χ4n) is 4.20. The molecule has 2 N–H and O–H groups in total. The van der Waals surface area contributed by atoms with Crippen LogP contribution in [0.1, 0.15) is 31.2 Å². The molecule has 2 aromatic rings. The van der Waals surface area contributed by atoms with Gasteiger partial charge in [0.1, 0.15) is 5.75 Å².